The van der Waals surface area contributed by atoms with Crippen molar-refractivity contribution in [1.29, 1.82) is 5.41 Å². The Morgan fingerprint density at radius 2 is 2.12 bits per heavy atom. The summed E-state index contributed by atoms with van der Waals surface area (Å²) in [5, 5.41) is 11.7. The van der Waals surface area contributed by atoms with Gasteiger partial charge in [-0.25, -0.2) is 9.37 Å². The highest BCUT2D eigenvalue weighted by molar-refractivity contribution is 6.69. The van der Waals surface area contributed by atoms with Gasteiger partial charge in [-0.15, -0.1) is 0 Å². The highest BCUT2D eigenvalue weighted by Gasteiger charge is 2.25. The molecule has 0 radical (unpaired) electrons. The Balaban J connectivity index is 1.99. The summed E-state index contributed by atoms with van der Waals surface area (Å²) in [5.41, 5.74) is 16.9. The smallest absolute Gasteiger partial charge is 0.166 e. The number of halogens is 2. The predicted molar refractivity (Wildman–Crippen MR) is 135 cm³/mol. The molecule has 1 aromatic carbocycles. The molecule has 4 rings (SSSR count). The Labute approximate surface area is 203 Å². The zero-order valence-electron chi connectivity index (χ0n) is 19.2. The topological polar surface area (TPSA) is 122 Å². The maximum Gasteiger partial charge on any atom is 0.166 e. The van der Waals surface area contributed by atoms with E-state index in [0.29, 0.717) is 50.9 Å². The number of hydrogen-bond donors (Lipinski definition) is 4. The van der Waals surface area contributed by atoms with E-state index >= 15 is 0 Å². The second kappa shape index (κ2) is 9.85. The molecule has 1 fully saturated rings. The van der Waals surface area contributed by atoms with Gasteiger partial charge < -0.3 is 21.5 Å². The van der Waals surface area contributed by atoms with Crippen LogP contribution >= 0.6 is 11.6 Å². The lowest BCUT2D eigenvalue weighted by Crippen LogP contribution is -2.21. The molecule has 178 valence electrons. The minimum Gasteiger partial charge on any atom is -0.482 e. The number of allylic oxidation sites excluding steroid dienone is 2. The fourth-order valence-electron chi connectivity index (χ4n) is 4.01. The van der Waals surface area contributed by atoms with Crippen molar-refractivity contribution < 1.29 is 9.13 Å². The summed E-state index contributed by atoms with van der Waals surface area (Å²) in [5.74, 6) is 0.729. The van der Waals surface area contributed by atoms with Crippen LogP contribution in [0.25, 0.3) is 11.4 Å². The molecule has 1 atom stereocenters. The molecule has 1 aromatic heterocycles. The van der Waals surface area contributed by atoms with Crippen molar-refractivity contribution in [1.82, 2.24) is 10.3 Å². The monoisotopic (exact) mass is 482 g/mol. The molecule has 1 aliphatic heterocycles. The van der Waals surface area contributed by atoms with E-state index in [-0.39, 0.29) is 17.4 Å². The number of anilines is 1. The van der Waals surface area contributed by atoms with Crippen LogP contribution < -0.4 is 21.5 Å². The lowest BCUT2D eigenvalue weighted by molar-refractivity contribution is 0.226. The summed E-state index contributed by atoms with van der Waals surface area (Å²) < 4.78 is 20.4. The van der Waals surface area contributed by atoms with Gasteiger partial charge in [-0.1, -0.05) is 11.6 Å². The number of ether oxygens (including phenoxy) is 1. The van der Waals surface area contributed by atoms with E-state index in [0.717, 1.165) is 19.4 Å². The van der Waals surface area contributed by atoms with Crippen LogP contribution in [-0.2, 0) is 0 Å². The predicted octanol–water partition coefficient (Wildman–Crippen LogP) is 4.64. The molecule has 0 saturated heterocycles. The Kier molecular flexibility index (Phi) is 6.88. The maximum absolute atomic E-state index is 14.2. The van der Waals surface area contributed by atoms with Crippen LogP contribution in [-0.4, -0.2) is 30.0 Å². The zero-order valence-corrected chi connectivity index (χ0v) is 19.9. The molecule has 6 N–H and O–H groups in total. The molecule has 2 aromatic rings. The highest BCUT2D eigenvalue weighted by Crippen LogP contribution is 2.36. The first-order chi connectivity index (χ1) is 16.3. The van der Waals surface area contributed by atoms with Crippen molar-refractivity contribution in [2.75, 3.05) is 19.3 Å². The van der Waals surface area contributed by atoms with E-state index in [1.165, 1.54) is 12.1 Å². The molecule has 9 heteroatoms. The fraction of sp³-hybridized carbons (Fsp3) is 0.320. The Hall–Kier alpha value is -3.39. The number of nitrogens with one attached hydrogen (secondary N) is 2. The van der Waals surface area contributed by atoms with E-state index in [2.05, 4.69) is 15.3 Å². The SMILES string of the molecule is CN=CC1=C(N)c2ccc(F)cc2[C@@H](C)Oc2cc(cnc2N)/C(NCC2CC2)=C(/C(=N)Cl)C1. The van der Waals surface area contributed by atoms with Crippen LogP contribution in [0, 0.1) is 17.1 Å². The summed E-state index contributed by atoms with van der Waals surface area (Å²) in [6.07, 6.45) is 5.26. The lowest BCUT2D eigenvalue weighted by atomic mass is 9.93. The van der Waals surface area contributed by atoms with E-state index in [9.17, 15) is 4.39 Å². The van der Waals surface area contributed by atoms with Gasteiger partial charge in [0.05, 0.1) is 0 Å². The van der Waals surface area contributed by atoms with Gasteiger partial charge in [0.15, 0.2) is 11.6 Å². The molecule has 34 heavy (non-hydrogen) atoms. The van der Waals surface area contributed by atoms with Crippen LogP contribution in [0.2, 0.25) is 0 Å². The van der Waals surface area contributed by atoms with Gasteiger partial charge in [0.1, 0.15) is 17.1 Å². The van der Waals surface area contributed by atoms with Gasteiger partial charge in [-0.3, -0.25) is 10.4 Å². The first-order valence-corrected chi connectivity index (χ1v) is 11.5. The number of fused-ring (bicyclic) bond motifs is 3. The third-order valence-corrected chi connectivity index (χ3v) is 6.27. The number of rotatable bonds is 5. The summed E-state index contributed by atoms with van der Waals surface area (Å²) >= 11 is 6.33. The van der Waals surface area contributed by atoms with Gasteiger partial charge in [-0.2, -0.15) is 0 Å². The number of nitrogens with zero attached hydrogens (tertiary/aromatic N) is 2. The molecule has 2 heterocycles. The molecule has 1 aliphatic carbocycles. The Morgan fingerprint density at radius 3 is 2.79 bits per heavy atom. The average molecular weight is 483 g/mol. The molecule has 0 unspecified atom stereocenters. The second-order valence-corrected chi connectivity index (χ2v) is 8.97. The van der Waals surface area contributed by atoms with Crippen molar-refractivity contribution in [2.24, 2.45) is 16.6 Å². The molecular weight excluding hydrogens is 455 g/mol. The number of nitrogen functional groups attached to an aromatic ring is 1. The summed E-state index contributed by atoms with van der Waals surface area (Å²) in [7, 11) is 1.64. The third kappa shape index (κ3) is 5.07. The summed E-state index contributed by atoms with van der Waals surface area (Å²) in [4.78, 5) is 8.49. The number of pyridine rings is 1. The van der Waals surface area contributed by atoms with Crippen LogP contribution in [0.5, 0.6) is 5.75 Å². The first-order valence-electron chi connectivity index (χ1n) is 11.1. The van der Waals surface area contributed by atoms with Gasteiger partial charge in [0, 0.05) is 66.1 Å². The molecule has 0 spiro atoms. The number of aliphatic imine (C=N–C) groups is 1. The second-order valence-electron chi connectivity index (χ2n) is 8.59. The van der Waals surface area contributed by atoms with E-state index in [1.807, 2.05) is 0 Å². The molecule has 2 bridgehead atoms. The van der Waals surface area contributed by atoms with Crippen molar-refractivity contribution in [3.63, 3.8) is 0 Å². The highest BCUT2D eigenvalue weighted by atomic mass is 35.5. The van der Waals surface area contributed by atoms with Crippen molar-refractivity contribution >= 4 is 40.2 Å². The van der Waals surface area contributed by atoms with Gasteiger partial charge in [-0.05, 0) is 55.5 Å². The van der Waals surface area contributed by atoms with Gasteiger partial charge in [0.2, 0.25) is 0 Å². The maximum atomic E-state index is 14.2. The largest absolute Gasteiger partial charge is 0.482 e. The molecule has 2 aliphatic rings. The van der Waals surface area contributed by atoms with Crippen LogP contribution in [0.4, 0.5) is 10.2 Å². The van der Waals surface area contributed by atoms with E-state index < -0.39 is 11.9 Å². The standard InChI is InChI=1S/C25H28ClFN6O/c1-13-19-9-17(27)5-6-18(19)22(28)15(11-31-2)7-20(24(26)29)23(32-10-14-3-4-14)16-8-21(34-13)25(30)33-12-16/h5-6,8-9,11-14,29,32H,3-4,7,10,28H2,1-2H3,(H2,30,33)/b22-15?,23-20-,29-24?,31-11?/t13-/m1/s1. The van der Waals surface area contributed by atoms with Crippen molar-refractivity contribution in [2.45, 2.75) is 32.3 Å². The Bertz CT molecular complexity index is 1220. The minimum absolute atomic E-state index is 0.128. The van der Waals surface area contributed by atoms with E-state index in [4.69, 9.17) is 33.2 Å². The van der Waals surface area contributed by atoms with E-state index in [1.54, 1.807) is 38.5 Å². The van der Waals surface area contributed by atoms with Gasteiger partial charge in [0.25, 0.3) is 0 Å². The van der Waals surface area contributed by atoms with Crippen LogP contribution in [0.1, 0.15) is 49.0 Å². The number of aromatic nitrogens is 1. The Morgan fingerprint density at radius 1 is 1.35 bits per heavy atom. The zero-order chi connectivity index (χ0) is 24.4. The first kappa shape index (κ1) is 23.8. The lowest BCUT2D eigenvalue weighted by Gasteiger charge is -2.23. The minimum atomic E-state index is -0.569. The molecule has 7 nitrogen and oxygen atoms in total. The third-order valence-electron chi connectivity index (χ3n) is 6.05. The van der Waals surface area contributed by atoms with Crippen LogP contribution in [0.15, 0.2) is 46.6 Å². The number of benzene rings is 1. The molecule has 0 amide bonds. The van der Waals surface area contributed by atoms with Crippen molar-refractivity contribution in [3.8, 4) is 5.75 Å². The molecular formula is C25H28ClFN6O. The normalized spacial score (nSPS) is 20.9. The van der Waals surface area contributed by atoms with Crippen molar-refractivity contribution in [3.05, 3.63) is 64.1 Å². The average Bonchev–Trinajstić information content (AvgIpc) is 3.63. The quantitative estimate of drug-likeness (QED) is 0.462. The van der Waals surface area contributed by atoms with Gasteiger partial charge >= 0.3 is 0 Å². The fourth-order valence-corrected chi connectivity index (χ4v) is 4.17. The molecule has 1 saturated carbocycles. The number of nitrogens with two attached hydrogens (primary N) is 2. The summed E-state index contributed by atoms with van der Waals surface area (Å²) in [6, 6.07) is 6.14. The summed E-state index contributed by atoms with van der Waals surface area (Å²) in [6.45, 7) is 2.55. The van der Waals surface area contributed by atoms with Crippen LogP contribution in [0.3, 0.4) is 0 Å². The number of hydrogen-bond acceptors (Lipinski definition) is 7.